The molecule has 1 spiro atoms. The molecule has 0 aliphatic carbocycles. The van der Waals surface area contributed by atoms with E-state index in [-0.39, 0.29) is 0 Å². The van der Waals surface area contributed by atoms with Gasteiger partial charge < -0.3 is 9.88 Å². The smallest absolute Gasteiger partial charge is 0.140 e. The zero-order valence-electron chi connectivity index (χ0n) is 15.9. The van der Waals surface area contributed by atoms with Crippen LogP contribution in [0.1, 0.15) is 39.0 Å². The van der Waals surface area contributed by atoms with E-state index in [1.807, 2.05) is 17.8 Å². The first-order valence-electron chi connectivity index (χ1n) is 10.2. The zero-order valence-corrected chi connectivity index (χ0v) is 16.8. The lowest BCUT2D eigenvalue weighted by Gasteiger charge is -2.52. The van der Waals surface area contributed by atoms with Gasteiger partial charge in [0.05, 0.1) is 11.1 Å². The number of hydrogen-bond donors (Lipinski definition) is 1. The fraction of sp³-hybridized carbons (Fsp3) is 0.524. The summed E-state index contributed by atoms with van der Waals surface area (Å²) < 4.78 is 0. The number of hydrogen-bond acceptors (Lipinski definition) is 5. The number of piperidine rings is 2. The minimum atomic E-state index is 0.346. The Balaban J connectivity index is 1.56. The maximum absolute atomic E-state index is 4.59. The predicted molar refractivity (Wildman–Crippen MR) is 112 cm³/mol. The molecule has 3 aromatic heterocycles. The van der Waals surface area contributed by atoms with Gasteiger partial charge >= 0.3 is 0 Å². The number of likely N-dealkylation sites (tertiary alicyclic amines) is 1. The molecule has 6 heteroatoms. The molecule has 142 valence electrons. The third kappa shape index (κ3) is 2.86. The number of fused-ring (bicyclic) bond motifs is 1. The molecule has 0 radical (unpaired) electrons. The molecule has 5 nitrogen and oxygen atoms in total. The van der Waals surface area contributed by atoms with Crippen LogP contribution in [-0.2, 0) is 0 Å². The second-order valence-corrected chi connectivity index (χ2v) is 8.77. The molecule has 0 bridgehead atoms. The molecule has 2 aliphatic heterocycles. The van der Waals surface area contributed by atoms with Crippen LogP contribution in [0.25, 0.3) is 21.6 Å². The van der Waals surface area contributed by atoms with E-state index in [0.29, 0.717) is 5.54 Å². The van der Waals surface area contributed by atoms with E-state index in [1.165, 1.54) is 55.3 Å². The largest absolute Gasteiger partial charge is 0.369 e. The summed E-state index contributed by atoms with van der Waals surface area (Å²) in [6.07, 6.45) is 12.5. The summed E-state index contributed by atoms with van der Waals surface area (Å²) in [6, 6.07) is 2.20. The monoisotopic (exact) mass is 381 g/mol. The van der Waals surface area contributed by atoms with Crippen molar-refractivity contribution in [3.05, 3.63) is 30.0 Å². The van der Waals surface area contributed by atoms with Crippen LogP contribution in [-0.4, -0.2) is 51.6 Å². The van der Waals surface area contributed by atoms with Crippen molar-refractivity contribution < 1.29 is 0 Å². The van der Waals surface area contributed by atoms with E-state index in [1.54, 1.807) is 11.3 Å². The summed E-state index contributed by atoms with van der Waals surface area (Å²) in [5.74, 6) is 0. The molecule has 2 fully saturated rings. The molecule has 1 unspecified atom stereocenters. The van der Waals surface area contributed by atoms with Gasteiger partial charge in [-0.25, -0.2) is 9.97 Å². The maximum atomic E-state index is 4.59. The zero-order chi connectivity index (χ0) is 18.3. The number of likely N-dealkylation sites (N-methyl/N-ethyl adjacent to an activating group) is 1. The highest BCUT2D eigenvalue weighted by molar-refractivity contribution is 7.13. The highest BCUT2D eigenvalue weighted by Gasteiger charge is 2.41. The second-order valence-electron chi connectivity index (χ2n) is 7.88. The molecule has 1 N–H and O–H groups in total. The average molecular weight is 382 g/mol. The molecule has 5 rings (SSSR count). The summed E-state index contributed by atoms with van der Waals surface area (Å²) in [6.45, 7) is 6.99. The maximum Gasteiger partial charge on any atom is 0.140 e. The summed E-state index contributed by atoms with van der Waals surface area (Å²) in [7, 11) is 0. The van der Waals surface area contributed by atoms with E-state index >= 15 is 0 Å². The molecule has 27 heavy (non-hydrogen) atoms. The van der Waals surface area contributed by atoms with Crippen molar-refractivity contribution >= 4 is 28.1 Å². The number of nitrogens with one attached hydrogen (secondary N) is 1. The van der Waals surface area contributed by atoms with Gasteiger partial charge in [-0.1, -0.05) is 13.3 Å². The third-order valence-corrected chi connectivity index (χ3v) is 7.29. The van der Waals surface area contributed by atoms with Gasteiger partial charge in [0.15, 0.2) is 0 Å². The summed E-state index contributed by atoms with van der Waals surface area (Å²) in [5.41, 5.74) is 3.80. The molecular formula is C21H27N5S. The Bertz CT molecular complexity index is 914. The first-order valence-corrected chi connectivity index (χ1v) is 11.0. The Labute approximate surface area is 164 Å². The van der Waals surface area contributed by atoms with E-state index in [2.05, 4.69) is 43.9 Å². The summed E-state index contributed by atoms with van der Waals surface area (Å²) in [5, 5.41) is 4.33. The van der Waals surface area contributed by atoms with Crippen molar-refractivity contribution in [3.63, 3.8) is 0 Å². The average Bonchev–Trinajstić information content (AvgIpc) is 3.37. The van der Waals surface area contributed by atoms with Crippen molar-refractivity contribution in [1.29, 1.82) is 0 Å². The summed E-state index contributed by atoms with van der Waals surface area (Å²) >= 11 is 1.69. The minimum Gasteiger partial charge on any atom is -0.369 e. The van der Waals surface area contributed by atoms with Gasteiger partial charge in [-0.05, 0) is 44.8 Å². The number of nitrogens with zero attached hydrogens (tertiary/aromatic N) is 4. The number of pyridine rings is 1. The van der Waals surface area contributed by atoms with E-state index < -0.39 is 0 Å². The normalized spacial score (nSPS) is 24.1. The van der Waals surface area contributed by atoms with E-state index in [9.17, 15) is 0 Å². The molecule has 2 aliphatic rings. The van der Waals surface area contributed by atoms with Crippen LogP contribution < -0.4 is 4.90 Å². The molecule has 0 aromatic carbocycles. The van der Waals surface area contributed by atoms with Crippen molar-refractivity contribution in [2.75, 3.05) is 31.1 Å². The lowest BCUT2D eigenvalue weighted by atomic mass is 9.79. The second kappa shape index (κ2) is 6.91. The number of aromatic nitrogens is 3. The molecular weight excluding hydrogens is 354 g/mol. The highest BCUT2D eigenvalue weighted by atomic mass is 32.1. The number of aromatic amines is 1. The van der Waals surface area contributed by atoms with Crippen LogP contribution in [0.2, 0.25) is 0 Å². The molecule has 5 heterocycles. The first-order chi connectivity index (χ1) is 13.3. The van der Waals surface area contributed by atoms with Crippen molar-refractivity contribution in [3.8, 4) is 10.6 Å². The van der Waals surface area contributed by atoms with Gasteiger partial charge in [0, 0.05) is 48.2 Å². The van der Waals surface area contributed by atoms with Crippen LogP contribution in [0, 0.1) is 0 Å². The van der Waals surface area contributed by atoms with Gasteiger partial charge in [-0.2, -0.15) is 0 Å². The molecule has 1 atom stereocenters. The molecule has 3 aromatic rings. The summed E-state index contributed by atoms with van der Waals surface area (Å²) in [4.78, 5) is 17.9. The molecule has 2 saturated heterocycles. The fourth-order valence-electron chi connectivity index (χ4n) is 5.25. The Morgan fingerprint density at radius 2 is 2.07 bits per heavy atom. The third-order valence-electron chi connectivity index (χ3n) is 6.48. The lowest BCUT2D eigenvalue weighted by molar-refractivity contribution is 0.0384. The minimum absolute atomic E-state index is 0.346. The van der Waals surface area contributed by atoms with Crippen LogP contribution in [0.4, 0.5) is 5.69 Å². The van der Waals surface area contributed by atoms with Crippen LogP contribution >= 0.6 is 11.3 Å². The van der Waals surface area contributed by atoms with Gasteiger partial charge in [0.1, 0.15) is 10.7 Å². The SMILES string of the molecule is CCN1CCCCC12CCCN(c1ccnc3[nH]cc(-c4nccs4)c13)C2. The van der Waals surface area contributed by atoms with Crippen molar-refractivity contribution in [2.24, 2.45) is 0 Å². The van der Waals surface area contributed by atoms with Crippen LogP contribution in [0.5, 0.6) is 0 Å². The Morgan fingerprint density at radius 3 is 2.93 bits per heavy atom. The van der Waals surface area contributed by atoms with Crippen LogP contribution in [0.3, 0.4) is 0 Å². The fourth-order valence-corrected chi connectivity index (χ4v) is 5.91. The Kier molecular flexibility index (Phi) is 4.40. The predicted octanol–water partition coefficient (Wildman–Crippen LogP) is 4.53. The topological polar surface area (TPSA) is 48.0 Å². The van der Waals surface area contributed by atoms with E-state index in [0.717, 1.165) is 30.3 Å². The first kappa shape index (κ1) is 17.2. The lowest BCUT2D eigenvalue weighted by Crippen LogP contribution is -2.60. The van der Waals surface area contributed by atoms with Gasteiger partial charge in [-0.15, -0.1) is 11.3 Å². The quantitative estimate of drug-likeness (QED) is 0.724. The number of rotatable bonds is 3. The van der Waals surface area contributed by atoms with Gasteiger partial charge in [-0.3, -0.25) is 4.90 Å². The standard InChI is InChI=1S/C21H27N5S/c1-2-26-12-4-3-7-21(26)8-5-11-25(15-21)17-6-9-22-19-18(17)16(14-24-19)20-23-10-13-27-20/h6,9-10,13-14H,2-5,7-8,11-12,15H2,1H3,(H,22,24). The van der Waals surface area contributed by atoms with Crippen LogP contribution in [0.15, 0.2) is 30.0 Å². The van der Waals surface area contributed by atoms with Gasteiger partial charge in [0.2, 0.25) is 0 Å². The van der Waals surface area contributed by atoms with E-state index in [4.69, 9.17) is 0 Å². The van der Waals surface area contributed by atoms with Crippen molar-refractivity contribution in [2.45, 2.75) is 44.6 Å². The Hall–Kier alpha value is -1.92. The van der Waals surface area contributed by atoms with Gasteiger partial charge in [0.25, 0.3) is 0 Å². The molecule has 0 amide bonds. The number of H-pyrrole nitrogens is 1. The Morgan fingerprint density at radius 1 is 1.15 bits per heavy atom. The molecule has 0 saturated carbocycles. The number of anilines is 1. The number of thiazole rings is 1. The van der Waals surface area contributed by atoms with Crippen molar-refractivity contribution in [1.82, 2.24) is 19.9 Å². The highest BCUT2D eigenvalue weighted by Crippen LogP contribution is 2.41.